The highest BCUT2D eigenvalue weighted by molar-refractivity contribution is 6.23. The number of hydrogen-bond acceptors (Lipinski definition) is 2. The van der Waals surface area contributed by atoms with Crippen molar-refractivity contribution in [2.75, 3.05) is 4.90 Å². The van der Waals surface area contributed by atoms with Crippen LogP contribution < -0.4 is 4.90 Å². The number of imide groups is 1. The second-order valence-electron chi connectivity index (χ2n) is 7.93. The molecule has 7 rings (SSSR count). The van der Waals surface area contributed by atoms with Crippen LogP contribution in [0.4, 0.5) is 5.69 Å². The van der Waals surface area contributed by atoms with E-state index >= 15 is 0 Å². The molecule has 5 aliphatic carbocycles. The maximum absolute atomic E-state index is 13.1. The Hall–Kier alpha value is -2.16. The van der Waals surface area contributed by atoms with Crippen LogP contribution in [0, 0.1) is 35.5 Å². The molecular weight excluding hydrogens is 298 g/mol. The topological polar surface area (TPSA) is 37.4 Å². The maximum Gasteiger partial charge on any atom is 0.238 e. The first-order valence-electron chi connectivity index (χ1n) is 9.10. The standard InChI is InChI=1S/C21H19NO2/c23-20-18-14-10-15(17-12-7-6-11(8-9-12)16(14)17)19(18)21(24)22(20)13-4-2-1-3-5-13/h1-7,11-12,14-15,18-19H,8-10H2/t11-,12-,14-,15-,18-,19-/m0/s1. The fourth-order valence-corrected chi connectivity index (χ4v) is 6.34. The largest absolute Gasteiger partial charge is 0.274 e. The van der Waals surface area contributed by atoms with Crippen LogP contribution in [0.1, 0.15) is 19.3 Å². The molecule has 1 aromatic carbocycles. The third-order valence-corrected chi connectivity index (χ3v) is 7.08. The summed E-state index contributed by atoms with van der Waals surface area (Å²) in [7, 11) is 0. The van der Waals surface area contributed by atoms with E-state index in [1.54, 1.807) is 11.1 Å². The van der Waals surface area contributed by atoms with Crippen molar-refractivity contribution in [3.05, 3.63) is 53.6 Å². The lowest BCUT2D eigenvalue weighted by Gasteiger charge is -2.40. The van der Waals surface area contributed by atoms with Crippen LogP contribution in [-0.2, 0) is 9.59 Å². The molecule has 24 heavy (non-hydrogen) atoms. The minimum absolute atomic E-state index is 0.0423. The Bertz CT molecular complexity index is 789. The fourth-order valence-electron chi connectivity index (χ4n) is 6.34. The van der Waals surface area contributed by atoms with Crippen molar-refractivity contribution in [1.29, 1.82) is 0 Å². The van der Waals surface area contributed by atoms with Crippen molar-refractivity contribution in [3.8, 4) is 0 Å². The lowest BCUT2D eigenvalue weighted by atomic mass is 9.63. The van der Waals surface area contributed by atoms with Crippen LogP contribution >= 0.6 is 0 Å². The first kappa shape index (κ1) is 13.2. The van der Waals surface area contributed by atoms with Gasteiger partial charge in [-0.05, 0) is 55.1 Å². The van der Waals surface area contributed by atoms with Crippen LogP contribution in [-0.4, -0.2) is 11.8 Å². The number of allylic oxidation sites excluding steroid dienone is 4. The van der Waals surface area contributed by atoms with Gasteiger partial charge >= 0.3 is 0 Å². The van der Waals surface area contributed by atoms with Gasteiger partial charge in [0.15, 0.2) is 0 Å². The van der Waals surface area contributed by atoms with Crippen molar-refractivity contribution in [2.24, 2.45) is 35.5 Å². The predicted octanol–water partition coefficient (Wildman–Crippen LogP) is 3.33. The minimum atomic E-state index is -0.103. The molecule has 6 atom stereocenters. The molecule has 0 radical (unpaired) electrons. The van der Waals surface area contributed by atoms with Gasteiger partial charge in [0.2, 0.25) is 11.8 Å². The highest BCUT2D eigenvalue weighted by Crippen LogP contribution is 2.65. The summed E-state index contributed by atoms with van der Waals surface area (Å²) in [6.07, 6.45) is 8.21. The summed E-state index contributed by atoms with van der Waals surface area (Å²) in [5, 5.41) is 0. The molecule has 1 heterocycles. The molecule has 3 heteroatoms. The molecule has 0 spiro atoms. The number of hydrogen-bond donors (Lipinski definition) is 0. The van der Waals surface area contributed by atoms with Gasteiger partial charge < -0.3 is 0 Å². The van der Waals surface area contributed by atoms with Crippen LogP contribution in [0.3, 0.4) is 0 Å². The molecular formula is C21H19NO2. The normalized spacial score (nSPS) is 41.4. The van der Waals surface area contributed by atoms with Crippen molar-refractivity contribution in [2.45, 2.75) is 19.3 Å². The number of rotatable bonds is 1. The van der Waals surface area contributed by atoms with E-state index in [2.05, 4.69) is 12.2 Å². The Morgan fingerprint density at radius 1 is 0.792 bits per heavy atom. The highest BCUT2D eigenvalue weighted by atomic mass is 16.2. The van der Waals surface area contributed by atoms with Gasteiger partial charge in [0, 0.05) is 0 Å². The van der Waals surface area contributed by atoms with Crippen molar-refractivity contribution < 1.29 is 9.59 Å². The van der Waals surface area contributed by atoms with Gasteiger partial charge in [-0.25, -0.2) is 0 Å². The summed E-state index contributed by atoms with van der Waals surface area (Å²) in [6.45, 7) is 0. The summed E-state index contributed by atoms with van der Waals surface area (Å²) in [5.41, 5.74) is 3.84. The van der Waals surface area contributed by atoms with E-state index in [0.29, 0.717) is 23.7 Å². The number of para-hydroxylation sites is 1. The van der Waals surface area contributed by atoms with Gasteiger partial charge in [-0.3, -0.25) is 14.5 Å². The predicted molar refractivity (Wildman–Crippen MR) is 89.9 cm³/mol. The molecule has 1 saturated carbocycles. The molecule has 0 unspecified atom stereocenters. The highest BCUT2D eigenvalue weighted by Gasteiger charge is 2.65. The van der Waals surface area contributed by atoms with Gasteiger partial charge in [0.25, 0.3) is 0 Å². The van der Waals surface area contributed by atoms with Crippen LogP contribution in [0.25, 0.3) is 0 Å². The van der Waals surface area contributed by atoms with Gasteiger partial charge in [0.1, 0.15) is 0 Å². The second-order valence-corrected chi connectivity index (χ2v) is 7.93. The third kappa shape index (κ3) is 1.36. The summed E-state index contributed by atoms with van der Waals surface area (Å²) in [4.78, 5) is 27.7. The fraction of sp³-hybridized carbons (Fsp3) is 0.429. The zero-order valence-electron chi connectivity index (χ0n) is 13.4. The number of amides is 2. The molecule has 1 aliphatic heterocycles. The maximum atomic E-state index is 13.1. The lowest BCUT2D eigenvalue weighted by Crippen LogP contribution is -2.35. The molecule has 2 fully saturated rings. The van der Waals surface area contributed by atoms with E-state index in [4.69, 9.17) is 0 Å². The van der Waals surface area contributed by atoms with E-state index in [-0.39, 0.29) is 23.7 Å². The van der Waals surface area contributed by atoms with Gasteiger partial charge in [-0.2, -0.15) is 0 Å². The third-order valence-electron chi connectivity index (χ3n) is 7.08. The molecule has 3 nitrogen and oxygen atoms in total. The Kier molecular flexibility index (Phi) is 2.34. The number of anilines is 1. The summed E-state index contributed by atoms with van der Waals surface area (Å²) in [5.74, 6) is 1.59. The molecule has 0 N–H and O–H groups in total. The van der Waals surface area contributed by atoms with Gasteiger partial charge in [-0.1, -0.05) is 41.5 Å². The Balaban J connectivity index is 1.45. The zero-order valence-corrected chi connectivity index (χ0v) is 13.4. The Labute approximate surface area is 141 Å². The first-order valence-corrected chi connectivity index (χ1v) is 9.10. The molecule has 4 bridgehead atoms. The first-order chi connectivity index (χ1) is 11.8. The van der Waals surface area contributed by atoms with E-state index < -0.39 is 0 Å². The van der Waals surface area contributed by atoms with Crippen LogP contribution in [0.15, 0.2) is 53.6 Å². The molecule has 1 aromatic rings. The van der Waals surface area contributed by atoms with Crippen molar-refractivity contribution in [3.63, 3.8) is 0 Å². The number of fused-ring (bicyclic) bond motifs is 6. The van der Waals surface area contributed by atoms with E-state index in [1.807, 2.05) is 30.3 Å². The average molecular weight is 317 g/mol. The Morgan fingerprint density at radius 2 is 1.33 bits per heavy atom. The lowest BCUT2D eigenvalue weighted by molar-refractivity contribution is -0.123. The van der Waals surface area contributed by atoms with E-state index in [0.717, 1.165) is 12.1 Å². The van der Waals surface area contributed by atoms with Crippen LogP contribution in [0.2, 0.25) is 0 Å². The second kappa shape index (κ2) is 4.27. The number of carbonyl (C=O) groups is 2. The van der Waals surface area contributed by atoms with Gasteiger partial charge in [0.05, 0.1) is 17.5 Å². The quantitative estimate of drug-likeness (QED) is 0.588. The van der Waals surface area contributed by atoms with Crippen molar-refractivity contribution in [1.82, 2.24) is 0 Å². The molecule has 6 aliphatic rings. The molecule has 1 saturated heterocycles. The van der Waals surface area contributed by atoms with E-state index in [1.165, 1.54) is 17.7 Å². The Morgan fingerprint density at radius 3 is 1.83 bits per heavy atom. The summed E-state index contributed by atoms with van der Waals surface area (Å²) < 4.78 is 0. The average Bonchev–Trinajstić information content (AvgIpc) is 3.28. The minimum Gasteiger partial charge on any atom is -0.274 e. The molecule has 2 amide bonds. The summed E-state index contributed by atoms with van der Waals surface area (Å²) >= 11 is 0. The van der Waals surface area contributed by atoms with E-state index in [9.17, 15) is 9.59 Å². The van der Waals surface area contributed by atoms with Gasteiger partial charge in [-0.15, -0.1) is 0 Å². The summed E-state index contributed by atoms with van der Waals surface area (Å²) in [6, 6.07) is 9.45. The monoisotopic (exact) mass is 317 g/mol. The number of benzene rings is 1. The van der Waals surface area contributed by atoms with Crippen LogP contribution in [0.5, 0.6) is 0 Å². The zero-order chi connectivity index (χ0) is 16.0. The number of nitrogens with zero attached hydrogens (tertiary/aromatic N) is 1. The van der Waals surface area contributed by atoms with Crippen molar-refractivity contribution >= 4 is 17.5 Å². The smallest absolute Gasteiger partial charge is 0.238 e. The molecule has 0 aromatic heterocycles. The number of carbonyl (C=O) groups excluding carboxylic acids is 2. The SMILES string of the molecule is O=C1[C@@H]2[C@@H](C(=O)N1c1ccccc1)[C@H]1C[C@H]2C2=C1[C@H]1C=C[C@H]2CC1. The molecule has 120 valence electrons.